The van der Waals surface area contributed by atoms with Crippen molar-refractivity contribution >= 4 is 31.6 Å². The van der Waals surface area contributed by atoms with Crippen molar-refractivity contribution in [1.29, 1.82) is 0 Å². The maximum absolute atomic E-state index is 12.0. The molecule has 0 unspecified atom stereocenters. The number of halogens is 1. The molecule has 0 aromatic heterocycles. The van der Waals surface area contributed by atoms with Crippen LogP contribution in [0.1, 0.15) is 24.8 Å². The lowest BCUT2D eigenvalue weighted by Gasteiger charge is -2.11. The highest BCUT2D eigenvalue weighted by Crippen LogP contribution is 2.22. The summed E-state index contributed by atoms with van der Waals surface area (Å²) in [6.45, 7) is 2.65. The highest BCUT2D eigenvalue weighted by Gasteiger charge is 2.20. The number of hydrogen-bond donors (Lipinski definition) is 2. The standard InChI is InChI=1S/C13H19BrN2O2S/c1-10-3-4-11(14)9-13(10)16-19(17,18)8-2-7-15-12-5-6-12/h3-4,9,12,15-16H,2,5-8H2,1H3. The zero-order chi connectivity index (χ0) is 13.9. The van der Waals surface area contributed by atoms with Gasteiger partial charge >= 0.3 is 0 Å². The lowest BCUT2D eigenvalue weighted by molar-refractivity contribution is 0.593. The van der Waals surface area contributed by atoms with E-state index in [4.69, 9.17) is 0 Å². The van der Waals surface area contributed by atoms with Crippen LogP contribution in [0, 0.1) is 6.92 Å². The SMILES string of the molecule is Cc1ccc(Br)cc1NS(=O)(=O)CCCNC1CC1. The largest absolute Gasteiger partial charge is 0.314 e. The smallest absolute Gasteiger partial charge is 0.232 e. The van der Waals surface area contributed by atoms with Crippen molar-refractivity contribution in [3.63, 3.8) is 0 Å². The van der Waals surface area contributed by atoms with Crippen LogP contribution < -0.4 is 10.0 Å². The molecule has 106 valence electrons. The summed E-state index contributed by atoms with van der Waals surface area (Å²) in [4.78, 5) is 0. The van der Waals surface area contributed by atoms with E-state index in [1.807, 2.05) is 19.1 Å². The van der Waals surface area contributed by atoms with E-state index in [1.165, 1.54) is 12.8 Å². The number of rotatable bonds is 7. The maximum Gasteiger partial charge on any atom is 0.232 e. The van der Waals surface area contributed by atoms with Gasteiger partial charge in [-0.3, -0.25) is 4.72 Å². The Hall–Kier alpha value is -0.590. The van der Waals surface area contributed by atoms with E-state index in [0.717, 1.165) is 16.6 Å². The lowest BCUT2D eigenvalue weighted by atomic mass is 10.2. The molecule has 0 saturated heterocycles. The Balaban J connectivity index is 1.86. The van der Waals surface area contributed by atoms with Crippen molar-refractivity contribution < 1.29 is 8.42 Å². The average Bonchev–Trinajstić information content (AvgIpc) is 3.13. The van der Waals surface area contributed by atoms with Crippen molar-refractivity contribution in [1.82, 2.24) is 5.32 Å². The zero-order valence-corrected chi connectivity index (χ0v) is 13.4. The van der Waals surface area contributed by atoms with Gasteiger partial charge < -0.3 is 5.32 Å². The summed E-state index contributed by atoms with van der Waals surface area (Å²) in [5.74, 6) is 0.151. The molecule has 0 bridgehead atoms. The molecule has 1 aliphatic carbocycles. The van der Waals surface area contributed by atoms with Gasteiger partial charge in [0.15, 0.2) is 0 Å². The summed E-state index contributed by atoms with van der Waals surface area (Å²) in [6, 6.07) is 6.20. The number of nitrogens with one attached hydrogen (secondary N) is 2. The molecule has 0 radical (unpaired) electrons. The summed E-state index contributed by atoms with van der Waals surface area (Å²) >= 11 is 3.35. The minimum absolute atomic E-state index is 0.151. The van der Waals surface area contributed by atoms with Gasteiger partial charge in [0.25, 0.3) is 0 Å². The first-order valence-corrected chi connectivity index (χ1v) is 8.91. The molecule has 6 heteroatoms. The van der Waals surface area contributed by atoms with Crippen LogP contribution in [0.25, 0.3) is 0 Å². The number of hydrogen-bond acceptors (Lipinski definition) is 3. The Morgan fingerprint density at radius 2 is 2.11 bits per heavy atom. The summed E-state index contributed by atoms with van der Waals surface area (Å²) in [7, 11) is -3.26. The lowest BCUT2D eigenvalue weighted by Crippen LogP contribution is -2.23. The molecular weight excluding hydrogens is 328 g/mol. The Labute approximate surface area is 123 Å². The number of aryl methyl sites for hydroxylation is 1. The van der Waals surface area contributed by atoms with Gasteiger partial charge in [0.05, 0.1) is 11.4 Å². The summed E-state index contributed by atoms with van der Waals surface area (Å²) in [5, 5.41) is 3.31. The third-order valence-electron chi connectivity index (χ3n) is 3.07. The number of benzene rings is 1. The molecule has 1 aromatic rings. The topological polar surface area (TPSA) is 58.2 Å². The van der Waals surface area contributed by atoms with Crippen LogP contribution in [-0.4, -0.2) is 26.8 Å². The zero-order valence-electron chi connectivity index (χ0n) is 10.9. The van der Waals surface area contributed by atoms with Crippen LogP contribution in [0.3, 0.4) is 0 Å². The highest BCUT2D eigenvalue weighted by atomic mass is 79.9. The summed E-state index contributed by atoms with van der Waals surface area (Å²) < 4.78 is 27.5. The van der Waals surface area contributed by atoms with Gasteiger partial charge in [0.2, 0.25) is 10.0 Å². The van der Waals surface area contributed by atoms with Crippen LogP contribution >= 0.6 is 15.9 Å². The van der Waals surface area contributed by atoms with E-state index in [2.05, 4.69) is 26.0 Å². The third kappa shape index (κ3) is 5.12. The molecule has 1 aromatic carbocycles. The minimum atomic E-state index is -3.26. The van der Waals surface area contributed by atoms with Crippen molar-refractivity contribution in [2.75, 3.05) is 17.0 Å². The van der Waals surface area contributed by atoms with Gasteiger partial charge in [-0.25, -0.2) is 8.42 Å². The Morgan fingerprint density at radius 1 is 1.37 bits per heavy atom. The van der Waals surface area contributed by atoms with Crippen molar-refractivity contribution in [3.8, 4) is 0 Å². The molecule has 1 aliphatic rings. The number of anilines is 1. The average molecular weight is 347 g/mol. The monoisotopic (exact) mass is 346 g/mol. The molecule has 1 fully saturated rings. The maximum atomic E-state index is 12.0. The normalized spacial score (nSPS) is 15.5. The molecule has 0 spiro atoms. The first-order valence-electron chi connectivity index (χ1n) is 6.46. The fraction of sp³-hybridized carbons (Fsp3) is 0.538. The van der Waals surface area contributed by atoms with E-state index in [0.29, 0.717) is 18.2 Å². The molecule has 2 N–H and O–H groups in total. The van der Waals surface area contributed by atoms with Crippen molar-refractivity contribution in [2.45, 2.75) is 32.2 Å². The second kappa shape index (κ2) is 6.24. The van der Waals surface area contributed by atoms with Crippen LogP contribution in [0.2, 0.25) is 0 Å². The van der Waals surface area contributed by atoms with E-state index < -0.39 is 10.0 Å². The second-order valence-electron chi connectivity index (χ2n) is 4.96. The third-order valence-corrected chi connectivity index (χ3v) is 4.92. The first-order chi connectivity index (χ1) is 8.96. The van der Waals surface area contributed by atoms with Crippen molar-refractivity contribution in [2.24, 2.45) is 0 Å². The molecule has 4 nitrogen and oxygen atoms in total. The molecule has 0 atom stereocenters. The Morgan fingerprint density at radius 3 is 2.79 bits per heavy atom. The van der Waals surface area contributed by atoms with Gasteiger partial charge in [0, 0.05) is 10.5 Å². The van der Waals surface area contributed by atoms with Crippen LogP contribution in [0.4, 0.5) is 5.69 Å². The Bertz CT molecular complexity index is 542. The van der Waals surface area contributed by atoms with Crippen LogP contribution in [0.15, 0.2) is 22.7 Å². The molecule has 2 rings (SSSR count). The predicted molar refractivity (Wildman–Crippen MR) is 81.9 cm³/mol. The van der Waals surface area contributed by atoms with Crippen LogP contribution in [-0.2, 0) is 10.0 Å². The van der Waals surface area contributed by atoms with E-state index in [1.54, 1.807) is 6.07 Å². The fourth-order valence-electron chi connectivity index (χ4n) is 1.78. The van der Waals surface area contributed by atoms with Gasteiger partial charge in [-0.1, -0.05) is 22.0 Å². The number of sulfonamides is 1. The minimum Gasteiger partial charge on any atom is -0.314 e. The first kappa shape index (κ1) is 14.8. The molecule has 1 saturated carbocycles. The Kier molecular flexibility index (Phi) is 4.86. The fourth-order valence-corrected chi connectivity index (χ4v) is 3.32. The molecule has 19 heavy (non-hydrogen) atoms. The van der Waals surface area contributed by atoms with Gasteiger partial charge in [0.1, 0.15) is 0 Å². The van der Waals surface area contributed by atoms with Gasteiger partial charge in [-0.15, -0.1) is 0 Å². The van der Waals surface area contributed by atoms with Crippen LogP contribution in [0.5, 0.6) is 0 Å². The van der Waals surface area contributed by atoms with E-state index in [9.17, 15) is 8.42 Å². The van der Waals surface area contributed by atoms with Gasteiger partial charge in [-0.05, 0) is 50.4 Å². The van der Waals surface area contributed by atoms with Gasteiger partial charge in [-0.2, -0.15) is 0 Å². The summed E-state index contributed by atoms with van der Waals surface area (Å²) in [5.41, 5.74) is 1.56. The molecule has 0 amide bonds. The molecular formula is C13H19BrN2O2S. The predicted octanol–water partition coefficient (Wildman–Crippen LogP) is 2.64. The second-order valence-corrected chi connectivity index (χ2v) is 7.72. The van der Waals surface area contributed by atoms with E-state index >= 15 is 0 Å². The summed E-state index contributed by atoms with van der Waals surface area (Å²) in [6.07, 6.45) is 3.09. The van der Waals surface area contributed by atoms with E-state index in [-0.39, 0.29) is 5.75 Å². The highest BCUT2D eigenvalue weighted by molar-refractivity contribution is 9.10. The molecule has 0 heterocycles. The van der Waals surface area contributed by atoms with Crippen molar-refractivity contribution in [3.05, 3.63) is 28.2 Å². The quantitative estimate of drug-likeness (QED) is 0.746. The molecule has 0 aliphatic heterocycles.